The molecule has 0 N–H and O–H groups in total. The monoisotopic (exact) mass is 418 g/mol. The molecule has 0 saturated carbocycles. The first-order valence-electron chi connectivity index (χ1n) is 8.20. The number of carbonyl (C=O) groups excluding carboxylic acids is 1. The Labute approximate surface area is 159 Å². The molecule has 0 radical (unpaired) electrons. The largest absolute Gasteiger partial charge is 0.365 e. The first kappa shape index (κ1) is 17.9. The third kappa shape index (κ3) is 2.49. The number of aliphatic imine (C=N–C) groups is 1. The zero-order valence-corrected chi connectivity index (χ0v) is 16.3. The highest BCUT2D eigenvalue weighted by Gasteiger charge is 2.49. The lowest BCUT2D eigenvalue weighted by atomic mass is 10.1. The van der Waals surface area contributed by atoms with Crippen molar-refractivity contribution in [2.24, 2.45) is 4.99 Å². The van der Waals surface area contributed by atoms with Crippen molar-refractivity contribution in [3.63, 3.8) is 0 Å². The fourth-order valence-corrected chi connectivity index (χ4v) is 6.10. The number of hydrazine groups is 1. The highest BCUT2D eigenvalue weighted by Crippen LogP contribution is 2.48. The van der Waals surface area contributed by atoms with Crippen LogP contribution in [0.25, 0.3) is 0 Å². The molecule has 4 rings (SSSR count). The van der Waals surface area contributed by atoms with E-state index in [1.807, 2.05) is 11.2 Å². The van der Waals surface area contributed by atoms with E-state index in [1.165, 1.54) is 22.0 Å². The van der Waals surface area contributed by atoms with Crippen molar-refractivity contribution in [2.45, 2.75) is 25.5 Å². The highest BCUT2D eigenvalue weighted by molar-refractivity contribution is 8.19. The van der Waals surface area contributed by atoms with E-state index in [-0.39, 0.29) is 10.7 Å². The van der Waals surface area contributed by atoms with E-state index in [0.29, 0.717) is 36.6 Å². The van der Waals surface area contributed by atoms with Gasteiger partial charge in [-0.2, -0.15) is 0 Å². The number of amides is 1. The van der Waals surface area contributed by atoms with Gasteiger partial charge >= 0.3 is 5.24 Å². The number of anilines is 1. The van der Waals surface area contributed by atoms with E-state index >= 15 is 0 Å². The molecule has 0 unspecified atom stereocenters. The van der Waals surface area contributed by atoms with Gasteiger partial charge in [0.25, 0.3) is 15.0 Å². The number of rotatable bonds is 2. The maximum atomic E-state index is 14.6. The van der Waals surface area contributed by atoms with E-state index < -0.39 is 26.1 Å². The molecule has 0 bridgehead atoms. The highest BCUT2D eigenvalue weighted by atomic mass is 35.5. The maximum Gasteiger partial charge on any atom is 0.365 e. The van der Waals surface area contributed by atoms with Crippen molar-refractivity contribution in [3.05, 3.63) is 22.5 Å². The summed E-state index contributed by atoms with van der Waals surface area (Å²) in [6, 6.07) is 1.14. The van der Waals surface area contributed by atoms with Crippen LogP contribution in [0.5, 0.6) is 0 Å². The van der Waals surface area contributed by atoms with Crippen LogP contribution < -0.4 is 4.31 Å². The Bertz CT molecular complexity index is 937. The summed E-state index contributed by atoms with van der Waals surface area (Å²) in [5.74, 6) is -0.261. The number of benzene rings is 1. The zero-order chi connectivity index (χ0) is 18.6. The number of hydrogen-bond donors (Lipinski definition) is 0. The van der Waals surface area contributed by atoms with Gasteiger partial charge in [-0.05, 0) is 37.8 Å². The van der Waals surface area contributed by atoms with Crippen molar-refractivity contribution < 1.29 is 17.6 Å². The van der Waals surface area contributed by atoms with E-state index in [9.17, 15) is 17.6 Å². The molecular weight excluding hydrogens is 403 g/mol. The van der Waals surface area contributed by atoms with Crippen LogP contribution in [0.3, 0.4) is 0 Å². The van der Waals surface area contributed by atoms with Gasteiger partial charge in [-0.1, -0.05) is 11.6 Å². The van der Waals surface area contributed by atoms with Crippen LogP contribution in [0.4, 0.5) is 20.6 Å². The lowest BCUT2D eigenvalue weighted by Gasteiger charge is -2.31. The minimum absolute atomic E-state index is 0.0633. The topological polar surface area (TPSA) is 73.3 Å². The molecule has 0 spiro atoms. The second-order valence-corrected chi connectivity index (χ2v) is 9.22. The lowest BCUT2D eigenvalue weighted by Crippen LogP contribution is -2.45. The smallest absolute Gasteiger partial charge is 0.314 e. The summed E-state index contributed by atoms with van der Waals surface area (Å²) in [5, 5.41) is 1.40. The summed E-state index contributed by atoms with van der Waals surface area (Å²) in [7, 11) is -4.27. The number of fused-ring (bicyclic) bond motifs is 2. The van der Waals surface area contributed by atoms with Crippen LogP contribution in [0, 0.1) is 5.82 Å². The van der Waals surface area contributed by atoms with E-state index in [4.69, 9.17) is 11.6 Å². The average Bonchev–Trinajstić information content (AvgIpc) is 3.12. The number of carbonyl (C=O) groups is 1. The minimum atomic E-state index is -4.27. The molecule has 1 amide bonds. The molecule has 140 valence electrons. The van der Waals surface area contributed by atoms with E-state index in [0.717, 1.165) is 18.9 Å². The van der Waals surface area contributed by atoms with Gasteiger partial charge < -0.3 is 4.31 Å². The fourth-order valence-electron chi connectivity index (χ4n) is 3.35. The quantitative estimate of drug-likeness (QED) is 0.686. The summed E-state index contributed by atoms with van der Waals surface area (Å²) in [6.07, 6.45) is 1.46. The maximum absolute atomic E-state index is 14.6. The van der Waals surface area contributed by atoms with E-state index in [1.54, 1.807) is 0 Å². The molecule has 0 atom stereocenters. The minimum Gasteiger partial charge on any atom is -0.314 e. The molecule has 2 saturated heterocycles. The first-order chi connectivity index (χ1) is 12.4. The Balaban J connectivity index is 1.89. The van der Waals surface area contributed by atoms with Crippen LogP contribution in [0.15, 0.2) is 11.1 Å². The number of nitrogens with zero attached hydrogens (tertiary/aromatic N) is 4. The lowest BCUT2D eigenvalue weighted by molar-refractivity contribution is 0.0761. The number of amidine groups is 1. The number of sulfone groups is 1. The molecule has 2 fully saturated rings. The van der Waals surface area contributed by atoms with Gasteiger partial charge in [0.1, 0.15) is 5.69 Å². The molecular formula is C15H16ClFN4O3S2. The number of halogens is 2. The molecule has 11 heteroatoms. The van der Waals surface area contributed by atoms with Crippen LogP contribution in [-0.4, -0.2) is 48.5 Å². The Morgan fingerprint density at radius 2 is 2.00 bits per heavy atom. The average molecular weight is 419 g/mol. The Kier molecular flexibility index (Phi) is 4.31. The van der Waals surface area contributed by atoms with Crippen molar-refractivity contribution in [1.29, 1.82) is 0 Å². The van der Waals surface area contributed by atoms with Crippen molar-refractivity contribution in [2.75, 3.05) is 23.9 Å². The normalized spacial score (nSPS) is 23.0. The molecule has 26 heavy (non-hydrogen) atoms. The Hall–Kier alpha value is -1.52. The van der Waals surface area contributed by atoms with Crippen molar-refractivity contribution >= 4 is 55.2 Å². The Morgan fingerprint density at radius 1 is 1.31 bits per heavy atom. The molecule has 3 aliphatic rings. The molecule has 7 nitrogen and oxygen atoms in total. The standard InChI is InChI=1S/C15H16ClFN4O3S2/c1-2-21-13-9(8-25-21)12(11(17)7-10(13)16)18-14-19-5-3-4-6-20(19)15(22)26(14,23)24/h7H,2-6,8H2,1H3. The second-order valence-electron chi connectivity index (χ2n) is 6.10. The van der Waals surface area contributed by atoms with Crippen LogP contribution >= 0.6 is 23.5 Å². The third-order valence-corrected chi connectivity index (χ3v) is 7.48. The summed E-state index contributed by atoms with van der Waals surface area (Å²) >= 11 is 7.65. The van der Waals surface area contributed by atoms with E-state index in [2.05, 4.69) is 4.99 Å². The molecule has 3 heterocycles. The summed E-state index contributed by atoms with van der Waals surface area (Å²) in [4.78, 5) is 16.4. The van der Waals surface area contributed by atoms with Crippen LogP contribution in [-0.2, 0) is 15.6 Å². The molecule has 1 aromatic carbocycles. The predicted molar refractivity (Wildman–Crippen MR) is 99.8 cm³/mol. The molecule has 0 aromatic heterocycles. The molecule has 3 aliphatic heterocycles. The zero-order valence-electron chi connectivity index (χ0n) is 13.9. The fraction of sp³-hybridized carbons (Fsp3) is 0.467. The van der Waals surface area contributed by atoms with Gasteiger partial charge in [0.05, 0.1) is 10.7 Å². The van der Waals surface area contributed by atoms with Crippen LogP contribution in [0.2, 0.25) is 5.02 Å². The molecule has 0 aliphatic carbocycles. The predicted octanol–water partition coefficient (Wildman–Crippen LogP) is 3.32. The van der Waals surface area contributed by atoms with Gasteiger partial charge in [0.2, 0.25) is 0 Å². The summed E-state index contributed by atoms with van der Waals surface area (Å²) in [5.41, 5.74) is 1.14. The Morgan fingerprint density at radius 3 is 2.69 bits per heavy atom. The SMILES string of the molecule is CCN1SCc2c(N=C3N4CCCCN4C(=O)S3(=O)=O)c(F)cc(Cl)c21. The second kappa shape index (κ2) is 6.28. The summed E-state index contributed by atoms with van der Waals surface area (Å²) in [6.45, 7) is 3.28. The van der Waals surface area contributed by atoms with Crippen molar-refractivity contribution in [3.8, 4) is 0 Å². The van der Waals surface area contributed by atoms with Gasteiger partial charge in [-0.15, -0.1) is 0 Å². The first-order valence-corrected chi connectivity index (χ1v) is 11.0. The van der Waals surface area contributed by atoms with Gasteiger partial charge in [0, 0.05) is 31.0 Å². The third-order valence-electron chi connectivity index (χ3n) is 4.57. The summed E-state index contributed by atoms with van der Waals surface area (Å²) < 4.78 is 41.6. The van der Waals surface area contributed by atoms with Gasteiger partial charge in [-0.3, -0.25) is 9.80 Å². The molecule has 1 aromatic rings. The van der Waals surface area contributed by atoms with Crippen LogP contribution in [0.1, 0.15) is 25.3 Å². The van der Waals surface area contributed by atoms with Crippen molar-refractivity contribution in [1.82, 2.24) is 10.0 Å². The number of hydrogen-bond acceptors (Lipinski definition) is 6. The van der Waals surface area contributed by atoms with Gasteiger partial charge in [-0.25, -0.2) is 22.8 Å². The van der Waals surface area contributed by atoms with Gasteiger partial charge in [0.15, 0.2) is 5.82 Å².